The number of aromatic nitrogens is 2. The molecule has 0 radical (unpaired) electrons. The average Bonchev–Trinajstić information content (AvgIpc) is 2.72. The van der Waals surface area contributed by atoms with Crippen LogP contribution in [0.3, 0.4) is 0 Å². The summed E-state index contributed by atoms with van der Waals surface area (Å²) < 4.78 is 6.54. The molecule has 0 atom stereocenters. The summed E-state index contributed by atoms with van der Waals surface area (Å²) in [5.41, 5.74) is 2.53. The maximum absolute atomic E-state index is 11.6. The van der Waals surface area contributed by atoms with Crippen molar-refractivity contribution in [1.82, 2.24) is 9.78 Å². The smallest absolute Gasteiger partial charge is 0.356 e. The van der Waals surface area contributed by atoms with Gasteiger partial charge in [-0.2, -0.15) is 5.10 Å². The highest BCUT2D eigenvalue weighted by molar-refractivity contribution is 5.87. The lowest BCUT2D eigenvalue weighted by molar-refractivity contribution is 0.0513. The molecule has 0 unspecified atom stereocenters. The molecule has 4 heteroatoms. The molecule has 94 valence electrons. The van der Waals surface area contributed by atoms with Crippen molar-refractivity contribution in [3.63, 3.8) is 0 Å². The second-order valence-electron chi connectivity index (χ2n) is 4.03. The lowest BCUT2D eigenvalue weighted by Crippen LogP contribution is -2.10. The molecule has 4 nitrogen and oxygen atoms in total. The molecule has 0 fully saturated rings. The normalized spacial score (nSPS) is 10.3. The molecule has 0 saturated carbocycles. The Balaban J connectivity index is 2.16. The highest BCUT2D eigenvalue weighted by Crippen LogP contribution is 2.10. The number of hydrogen-bond donors (Lipinski definition) is 0. The van der Waals surface area contributed by atoms with Crippen LogP contribution in [-0.2, 0) is 18.2 Å². The molecule has 2 rings (SSSR count). The van der Waals surface area contributed by atoms with Gasteiger partial charge >= 0.3 is 5.97 Å². The van der Waals surface area contributed by atoms with Crippen LogP contribution in [0.5, 0.6) is 0 Å². The maximum atomic E-state index is 11.6. The molecule has 0 bridgehead atoms. The van der Waals surface area contributed by atoms with Gasteiger partial charge in [0.1, 0.15) is 5.69 Å². The van der Waals surface area contributed by atoms with E-state index in [4.69, 9.17) is 4.74 Å². The van der Waals surface area contributed by atoms with Gasteiger partial charge in [0.25, 0.3) is 0 Å². The van der Waals surface area contributed by atoms with Gasteiger partial charge < -0.3 is 4.74 Å². The second kappa shape index (κ2) is 5.49. The zero-order valence-electron chi connectivity index (χ0n) is 10.6. The zero-order chi connectivity index (χ0) is 13.0. The van der Waals surface area contributed by atoms with Crippen molar-refractivity contribution in [3.8, 4) is 0 Å². The van der Waals surface area contributed by atoms with Crippen molar-refractivity contribution in [3.05, 3.63) is 53.3 Å². The third kappa shape index (κ3) is 2.77. The number of carbonyl (C=O) groups is 1. The minimum absolute atomic E-state index is 0.327. The fraction of sp³-hybridized carbons (Fsp3) is 0.286. The summed E-state index contributed by atoms with van der Waals surface area (Å²) in [4.78, 5) is 11.6. The lowest BCUT2D eigenvalue weighted by Gasteiger charge is -2.00. The van der Waals surface area contributed by atoms with Crippen molar-refractivity contribution >= 4 is 5.97 Å². The number of carbonyl (C=O) groups excluding carboxylic acids is 1. The highest BCUT2D eigenvalue weighted by Gasteiger charge is 2.14. The quantitative estimate of drug-likeness (QED) is 0.774. The van der Waals surface area contributed by atoms with Crippen molar-refractivity contribution < 1.29 is 9.53 Å². The summed E-state index contributed by atoms with van der Waals surface area (Å²) in [7, 11) is 1.75. The van der Waals surface area contributed by atoms with E-state index in [-0.39, 0.29) is 5.97 Å². The van der Waals surface area contributed by atoms with Crippen LogP contribution < -0.4 is 0 Å². The standard InChI is InChI=1S/C14H16N2O2/c1-3-18-14(17)13-10-12(15-16(13)2)9-11-7-5-4-6-8-11/h4-8,10H,3,9H2,1-2H3. The Morgan fingerprint density at radius 2 is 2.06 bits per heavy atom. The van der Waals surface area contributed by atoms with Crippen LogP contribution in [0, 0.1) is 0 Å². The largest absolute Gasteiger partial charge is 0.461 e. The third-order valence-electron chi connectivity index (χ3n) is 2.64. The average molecular weight is 244 g/mol. The molecule has 1 aromatic heterocycles. The van der Waals surface area contributed by atoms with Gasteiger partial charge in [0, 0.05) is 13.5 Å². The second-order valence-corrected chi connectivity index (χ2v) is 4.03. The molecule has 0 aliphatic carbocycles. The van der Waals surface area contributed by atoms with Gasteiger partial charge in [-0.25, -0.2) is 4.79 Å². The third-order valence-corrected chi connectivity index (χ3v) is 2.64. The van der Waals surface area contributed by atoms with Crippen LogP contribution in [0.25, 0.3) is 0 Å². The Kier molecular flexibility index (Phi) is 3.77. The van der Waals surface area contributed by atoms with Crippen LogP contribution in [-0.4, -0.2) is 22.4 Å². The van der Waals surface area contributed by atoms with E-state index in [1.165, 1.54) is 5.56 Å². The first-order chi connectivity index (χ1) is 8.70. The summed E-state index contributed by atoms with van der Waals surface area (Å²) in [6.45, 7) is 2.16. The molecule has 1 aromatic carbocycles. The fourth-order valence-electron chi connectivity index (χ4n) is 1.81. The van der Waals surface area contributed by atoms with E-state index in [0.717, 1.165) is 5.69 Å². The maximum Gasteiger partial charge on any atom is 0.356 e. The number of rotatable bonds is 4. The lowest BCUT2D eigenvalue weighted by atomic mass is 10.1. The van der Waals surface area contributed by atoms with E-state index < -0.39 is 0 Å². The van der Waals surface area contributed by atoms with E-state index in [1.54, 1.807) is 24.7 Å². The topological polar surface area (TPSA) is 44.1 Å². The molecule has 0 spiro atoms. The van der Waals surface area contributed by atoms with Crippen LogP contribution >= 0.6 is 0 Å². The van der Waals surface area contributed by atoms with E-state index >= 15 is 0 Å². The molecular weight excluding hydrogens is 228 g/mol. The van der Waals surface area contributed by atoms with Gasteiger partial charge in [-0.05, 0) is 18.6 Å². The number of hydrogen-bond acceptors (Lipinski definition) is 3. The van der Waals surface area contributed by atoms with Crippen LogP contribution in [0.4, 0.5) is 0 Å². The van der Waals surface area contributed by atoms with E-state index in [1.807, 2.05) is 30.3 Å². The SMILES string of the molecule is CCOC(=O)c1cc(Cc2ccccc2)nn1C. The van der Waals surface area contributed by atoms with Gasteiger partial charge in [-0.15, -0.1) is 0 Å². The number of aryl methyl sites for hydroxylation is 1. The first-order valence-corrected chi connectivity index (χ1v) is 5.94. The van der Waals surface area contributed by atoms with Crippen molar-refractivity contribution in [2.24, 2.45) is 7.05 Å². The van der Waals surface area contributed by atoms with Crippen molar-refractivity contribution in [2.45, 2.75) is 13.3 Å². The zero-order valence-corrected chi connectivity index (χ0v) is 10.6. The van der Waals surface area contributed by atoms with Gasteiger partial charge in [0.2, 0.25) is 0 Å². The minimum Gasteiger partial charge on any atom is -0.461 e. The molecule has 0 aliphatic rings. The Labute approximate surface area is 106 Å². The Hall–Kier alpha value is -2.10. The monoisotopic (exact) mass is 244 g/mol. The van der Waals surface area contributed by atoms with Crippen molar-refractivity contribution in [2.75, 3.05) is 6.61 Å². The Morgan fingerprint density at radius 1 is 1.33 bits per heavy atom. The first kappa shape index (κ1) is 12.4. The molecule has 0 saturated heterocycles. The van der Waals surface area contributed by atoms with Crippen molar-refractivity contribution in [1.29, 1.82) is 0 Å². The summed E-state index contributed by atoms with van der Waals surface area (Å²) in [6.07, 6.45) is 0.716. The predicted molar refractivity (Wildman–Crippen MR) is 68.4 cm³/mol. The number of benzene rings is 1. The van der Waals surface area contributed by atoms with Gasteiger partial charge in [0.15, 0.2) is 0 Å². The number of nitrogens with zero attached hydrogens (tertiary/aromatic N) is 2. The van der Waals surface area contributed by atoms with Gasteiger partial charge in [0.05, 0.1) is 12.3 Å². The summed E-state index contributed by atoms with van der Waals surface area (Å²) in [5, 5.41) is 4.33. The van der Waals surface area contributed by atoms with Crippen LogP contribution in [0.2, 0.25) is 0 Å². The molecule has 18 heavy (non-hydrogen) atoms. The molecule has 2 aromatic rings. The Morgan fingerprint density at radius 3 is 2.72 bits per heavy atom. The highest BCUT2D eigenvalue weighted by atomic mass is 16.5. The molecule has 1 heterocycles. The first-order valence-electron chi connectivity index (χ1n) is 5.94. The molecule has 0 N–H and O–H groups in total. The van der Waals surface area contributed by atoms with E-state index in [9.17, 15) is 4.79 Å². The van der Waals surface area contributed by atoms with Crippen LogP contribution in [0.15, 0.2) is 36.4 Å². The van der Waals surface area contributed by atoms with E-state index in [0.29, 0.717) is 18.7 Å². The van der Waals surface area contributed by atoms with Crippen LogP contribution in [0.1, 0.15) is 28.7 Å². The van der Waals surface area contributed by atoms with Gasteiger partial charge in [-0.3, -0.25) is 4.68 Å². The summed E-state index contributed by atoms with van der Waals surface area (Å²) in [5.74, 6) is -0.327. The number of ether oxygens (including phenoxy) is 1. The molecule has 0 amide bonds. The fourth-order valence-corrected chi connectivity index (χ4v) is 1.81. The molecular formula is C14H16N2O2. The Bertz CT molecular complexity index is 532. The summed E-state index contributed by atoms with van der Waals surface area (Å²) >= 11 is 0. The van der Waals surface area contributed by atoms with Gasteiger partial charge in [-0.1, -0.05) is 30.3 Å². The number of esters is 1. The summed E-state index contributed by atoms with van der Waals surface area (Å²) in [6, 6.07) is 11.8. The van der Waals surface area contributed by atoms with E-state index in [2.05, 4.69) is 5.10 Å². The minimum atomic E-state index is -0.327. The predicted octanol–water partition coefficient (Wildman–Crippen LogP) is 2.19. The molecule has 0 aliphatic heterocycles.